The summed E-state index contributed by atoms with van der Waals surface area (Å²) in [5, 5.41) is 0. The predicted octanol–water partition coefficient (Wildman–Crippen LogP) is 8.02. The summed E-state index contributed by atoms with van der Waals surface area (Å²) in [6.07, 6.45) is 13.0. The van der Waals surface area contributed by atoms with E-state index in [0.29, 0.717) is 0 Å². The Labute approximate surface area is 203 Å². The fraction of sp³-hybridized carbons (Fsp3) is 0.607. The molecule has 3 heteroatoms. The van der Waals surface area contributed by atoms with Crippen molar-refractivity contribution in [2.75, 3.05) is 0 Å². The van der Waals surface area contributed by atoms with Crippen molar-refractivity contribution in [3.05, 3.63) is 54.8 Å². The molecule has 0 aromatic rings. The second-order valence-corrected chi connectivity index (χ2v) is 22.8. The first-order valence-corrected chi connectivity index (χ1v) is 17.6. The molecule has 0 aromatic heterocycles. The predicted molar refractivity (Wildman–Crippen MR) is 142 cm³/mol. The van der Waals surface area contributed by atoms with Crippen molar-refractivity contribution >= 4 is 37.9 Å². The average Bonchev–Trinajstić information content (AvgIpc) is 2.58. The van der Waals surface area contributed by atoms with E-state index < -0.39 is 33.0 Å². The first-order chi connectivity index (χ1) is 13.9. The van der Waals surface area contributed by atoms with Crippen LogP contribution < -0.4 is 0 Å². The molecule has 0 bridgehead atoms. The Kier molecular flexibility index (Phi) is 8.26. The number of allylic oxidation sites excluding steroid dienone is 9. The van der Waals surface area contributed by atoms with E-state index in [1.165, 1.54) is 5.57 Å². The average molecular weight is 604 g/mol. The molecule has 0 N–H and O–H groups in total. The maximum absolute atomic E-state index is 6.57. The minimum absolute atomic E-state index is 0.0446. The van der Waals surface area contributed by atoms with Crippen LogP contribution in [0.15, 0.2) is 54.8 Å². The Balaban J connectivity index is 2.50. The van der Waals surface area contributed by atoms with E-state index in [1.807, 2.05) is 0 Å². The van der Waals surface area contributed by atoms with Gasteiger partial charge >= 0.3 is 205 Å². The molecule has 1 nitrogen and oxygen atoms in total. The van der Waals surface area contributed by atoms with E-state index in [9.17, 15) is 0 Å². The molecule has 0 saturated heterocycles. The molecule has 2 heterocycles. The molecule has 0 aromatic carbocycles. The van der Waals surface area contributed by atoms with Gasteiger partial charge in [0, 0.05) is 0 Å². The second-order valence-electron chi connectivity index (χ2n) is 12.6. The Morgan fingerprint density at radius 2 is 1.32 bits per heavy atom. The monoisotopic (exact) mass is 607 g/mol. The molecule has 0 fully saturated rings. The van der Waals surface area contributed by atoms with Crippen LogP contribution in [0.4, 0.5) is 0 Å². The van der Waals surface area contributed by atoms with Gasteiger partial charge in [0.15, 0.2) is 0 Å². The molecule has 0 radical (unpaired) electrons. The molecule has 0 atom stereocenters. The summed E-state index contributed by atoms with van der Waals surface area (Å²) in [5.74, 6) is 1.15. The molecule has 0 amide bonds. The standard InChI is InChI=1S/C28H45OSeTe/c1-25(2,3)22-19-21(20-31(29-22)28(10,11)12)15-14-18-30-23(26(4,5)6)16-13-17-24(30)27(7,8)9/h14-20H,13H2,1-12H3/q+1. The van der Waals surface area contributed by atoms with Crippen molar-refractivity contribution in [3.63, 3.8) is 0 Å². The van der Waals surface area contributed by atoms with E-state index >= 15 is 0 Å². The van der Waals surface area contributed by atoms with Gasteiger partial charge in [0.2, 0.25) is 0 Å². The third-order valence-corrected chi connectivity index (χ3v) is 17.1. The molecule has 2 aliphatic rings. The van der Waals surface area contributed by atoms with Crippen molar-refractivity contribution in [2.45, 2.75) is 93.0 Å². The number of hydrogen-bond donors (Lipinski definition) is 0. The van der Waals surface area contributed by atoms with Crippen molar-refractivity contribution < 1.29 is 2.73 Å². The number of rotatable bonds is 2. The van der Waals surface area contributed by atoms with Gasteiger partial charge in [0.1, 0.15) is 0 Å². The molecule has 2 aliphatic heterocycles. The zero-order valence-corrected chi connectivity index (χ0v) is 26.0. The van der Waals surface area contributed by atoms with Crippen molar-refractivity contribution in [2.24, 2.45) is 16.2 Å². The van der Waals surface area contributed by atoms with Crippen molar-refractivity contribution in [1.29, 1.82) is 0 Å². The van der Waals surface area contributed by atoms with Crippen LogP contribution >= 0.6 is 0 Å². The summed E-state index contributed by atoms with van der Waals surface area (Å²) in [7, 11) is 0. The van der Waals surface area contributed by atoms with Crippen LogP contribution in [-0.2, 0) is 2.73 Å². The summed E-state index contributed by atoms with van der Waals surface area (Å²) < 4.78 is 12.6. The molecular formula is C28H45OSeTe+. The fourth-order valence-corrected chi connectivity index (χ4v) is 13.3. The van der Waals surface area contributed by atoms with Crippen molar-refractivity contribution in [1.82, 2.24) is 0 Å². The van der Waals surface area contributed by atoms with Gasteiger partial charge in [-0.05, 0) is 0 Å². The molecule has 0 saturated carbocycles. The van der Waals surface area contributed by atoms with E-state index in [0.717, 1.165) is 12.2 Å². The van der Waals surface area contributed by atoms with Gasteiger partial charge in [0.05, 0.1) is 0 Å². The van der Waals surface area contributed by atoms with Gasteiger partial charge in [-0.1, -0.05) is 0 Å². The normalized spacial score (nSPS) is 20.1. The Hall–Kier alpha value is -0.321. The van der Waals surface area contributed by atoms with Crippen LogP contribution in [0.25, 0.3) is 0 Å². The molecule has 0 spiro atoms. The first kappa shape index (κ1) is 26.9. The van der Waals surface area contributed by atoms with Crippen LogP contribution in [0.3, 0.4) is 0 Å². The SMILES string of the molecule is CC(C)(C)C1=CC(C=CC=[Se]2C(C(C)(C)C)=CCC=C2C(C)(C)C)=C[Te](C(C)(C)C)=[O+]1. The molecule has 31 heavy (non-hydrogen) atoms. The van der Waals surface area contributed by atoms with E-state index in [2.05, 4.69) is 123 Å². The number of hydrogen-bond acceptors (Lipinski definition) is 0. The zero-order valence-electron chi connectivity index (χ0n) is 22.0. The molecular weight excluding hydrogens is 559 g/mol. The van der Waals surface area contributed by atoms with Crippen LogP contribution in [-0.4, -0.2) is 37.9 Å². The topological polar surface area (TPSA) is 11.3 Å². The van der Waals surface area contributed by atoms with E-state index in [-0.39, 0.29) is 19.7 Å². The van der Waals surface area contributed by atoms with Gasteiger partial charge in [-0.3, -0.25) is 0 Å². The first-order valence-electron chi connectivity index (χ1n) is 11.4. The van der Waals surface area contributed by atoms with Crippen LogP contribution in [0.2, 0.25) is 3.46 Å². The maximum atomic E-state index is 6.57. The van der Waals surface area contributed by atoms with Gasteiger partial charge in [-0.25, -0.2) is 0 Å². The van der Waals surface area contributed by atoms with Crippen LogP contribution in [0.1, 0.15) is 89.5 Å². The summed E-state index contributed by atoms with van der Waals surface area (Å²) >= 11 is -3.01. The quantitative estimate of drug-likeness (QED) is 0.224. The Morgan fingerprint density at radius 1 is 0.806 bits per heavy atom. The van der Waals surface area contributed by atoms with E-state index in [1.54, 1.807) is 8.94 Å². The summed E-state index contributed by atoms with van der Waals surface area (Å²) in [5.41, 5.74) is 1.83. The van der Waals surface area contributed by atoms with Crippen LogP contribution in [0.5, 0.6) is 0 Å². The Bertz CT molecular complexity index is 875. The van der Waals surface area contributed by atoms with Gasteiger partial charge in [0.25, 0.3) is 0 Å². The van der Waals surface area contributed by atoms with Gasteiger partial charge in [-0.15, -0.1) is 0 Å². The minimum atomic E-state index is -1.85. The fourth-order valence-electron chi connectivity index (χ4n) is 3.40. The third kappa shape index (κ3) is 7.33. The van der Waals surface area contributed by atoms with Gasteiger partial charge < -0.3 is 0 Å². The summed E-state index contributed by atoms with van der Waals surface area (Å²) in [4.78, 5) is 2.55. The summed E-state index contributed by atoms with van der Waals surface area (Å²) in [6.45, 7) is 28.0. The zero-order chi connectivity index (χ0) is 23.8. The molecule has 2 rings (SSSR count). The summed E-state index contributed by atoms with van der Waals surface area (Å²) in [6, 6.07) is 0. The second kappa shape index (κ2) is 9.50. The molecule has 174 valence electrons. The third-order valence-electron chi connectivity index (χ3n) is 5.13. The van der Waals surface area contributed by atoms with Gasteiger partial charge in [-0.2, -0.15) is 0 Å². The molecule has 0 unspecified atom stereocenters. The van der Waals surface area contributed by atoms with E-state index in [4.69, 9.17) is 2.73 Å². The Morgan fingerprint density at radius 3 is 1.74 bits per heavy atom. The van der Waals surface area contributed by atoms with Crippen molar-refractivity contribution in [3.8, 4) is 0 Å². The molecule has 0 aliphatic carbocycles. The van der Waals surface area contributed by atoms with Crippen LogP contribution in [0, 0.1) is 16.2 Å².